The lowest BCUT2D eigenvalue weighted by atomic mass is 10.1. The summed E-state index contributed by atoms with van der Waals surface area (Å²) in [5.74, 6) is -0.914. The van der Waals surface area contributed by atoms with Crippen molar-refractivity contribution in [2.75, 3.05) is 7.11 Å². The molecule has 4 heteroatoms. The first-order valence-electron chi connectivity index (χ1n) is 5.77. The lowest BCUT2D eigenvalue weighted by Crippen LogP contribution is -1.97. The highest BCUT2D eigenvalue weighted by atomic mass is 32.1. The van der Waals surface area contributed by atoms with Crippen molar-refractivity contribution in [1.82, 2.24) is 0 Å². The molecular formula is C15H14O3S. The van der Waals surface area contributed by atoms with Crippen LogP contribution in [-0.2, 0) is 16.1 Å². The second-order valence-corrected chi connectivity index (χ2v) is 4.96. The molecule has 0 atom stereocenters. The third-order valence-corrected chi connectivity index (χ3v) is 3.52. The van der Waals surface area contributed by atoms with Crippen molar-refractivity contribution in [1.29, 1.82) is 0 Å². The van der Waals surface area contributed by atoms with Crippen LogP contribution in [0.5, 0.6) is 0 Å². The molecule has 0 fully saturated rings. The highest BCUT2D eigenvalue weighted by Crippen LogP contribution is 2.23. The molecule has 0 radical (unpaired) electrons. The number of carboxylic acids is 1. The molecule has 0 bridgehead atoms. The predicted molar refractivity (Wildman–Crippen MR) is 77.0 cm³/mol. The topological polar surface area (TPSA) is 46.5 Å². The summed E-state index contributed by atoms with van der Waals surface area (Å²) >= 11 is 1.42. The van der Waals surface area contributed by atoms with Crippen LogP contribution in [0.4, 0.5) is 0 Å². The maximum atomic E-state index is 11.3. The first kappa shape index (κ1) is 13.5. The molecule has 0 saturated carbocycles. The summed E-state index contributed by atoms with van der Waals surface area (Å²) in [4.78, 5) is 12.0. The SMILES string of the molecule is COCc1ccc(C=C(C(=O)O)c2cccs2)cc1. The third kappa shape index (κ3) is 3.53. The summed E-state index contributed by atoms with van der Waals surface area (Å²) in [5.41, 5.74) is 2.24. The van der Waals surface area contributed by atoms with E-state index < -0.39 is 5.97 Å². The standard InChI is InChI=1S/C15H14O3S/c1-18-10-12-6-4-11(5-7-12)9-13(15(16)17)14-3-2-8-19-14/h2-9H,10H2,1H3,(H,16,17). The molecule has 0 aliphatic rings. The second kappa shape index (κ2) is 6.31. The van der Waals surface area contributed by atoms with Gasteiger partial charge in [-0.1, -0.05) is 30.3 Å². The molecule has 2 aromatic rings. The molecule has 1 aromatic carbocycles. The summed E-state index contributed by atoms with van der Waals surface area (Å²) in [6, 6.07) is 11.3. The van der Waals surface area contributed by atoms with E-state index in [9.17, 15) is 9.90 Å². The normalized spacial score (nSPS) is 11.5. The maximum absolute atomic E-state index is 11.3. The van der Waals surface area contributed by atoms with Crippen molar-refractivity contribution in [3.63, 3.8) is 0 Å². The van der Waals surface area contributed by atoms with E-state index >= 15 is 0 Å². The summed E-state index contributed by atoms with van der Waals surface area (Å²) in [6.07, 6.45) is 1.69. The van der Waals surface area contributed by atoms with Crippen LogP contribution in [0.25, 0.3) is 11.6 Å². The van der Waals surface area contributed by atoms with Gasteiger partial charge in [0, 0.05) is 12.0 Å². The Morgan fingerprint density at radius 2 is 2.05 bits per heavy atom. The number of aliphatic carboxylic acids is 1. The van der Waals surface area contributed by atoms with Gasteiger partial charge in [-0.15, -0.1) is 11.3 Å². The van der Waals surface area contributed by atoms with Crippen molar-refractivity contribution in [3.8, 4) is 0 Å². The number of rotatable bonds is 5. The van der Waals surface area contributed by atoms with Gasteiger partial charge < -0.3 is 9.84 Å². The van der Waals surface area contributed by atoms with Gasteiger partial charge in [-0.25, -0.2) is 4.79 Å². The van der Waals surface area contributed by atoms with Crippen LogP contribution >= 0.6 is 11.3 Å². The Balaban J connectivity index is 2.29. The fourth-order valence-electron chi connectivity index (χ4n) is 1.71. The molecule has 0 unspecified atom stereocenters. The van der Waals surface area contributed by atoms with Gasteiger partial charge in [0.25, 0.3) is 0 Å². The highest BCUT2D eigenvalue weighted by molar-refractivity contribution is 7.11. The molecule has 1 aromatic heterocycles. The Hall–Kier alpha value is -1.91. The molecule has 2 rings (SSSR count). The zero-order valence-electron chi connectivity index (χ0n) is 10.5. The van der Waals surface area contributed by atoms with Crippen LogP contribution in [0.3, 0.4) is 0 Å². The Morgan fingerprint density at radius 3 is 2.58 bits per heavy atom. The minimum atomic E-state index is -0.914. The molecule has 3 nitrogen and oxygen atoms in total. The lowest BCUT2D eigenvalue weighted by Gasteiger charge is -2.02. The number of hydrogen-bond acceptors (Lipinski definition) is 3. The first-order valence-corrected chi connectivity index (χ1v) is 6.65. The highest BCUT2D eigenvalue weighted by Gasteiger charge is 2.11. The maximum Gasteiger partial charge on any atom is 0.337 e. The van der Waals surface area contributed by atoms with Crippen molar-refractivity contribution >= 4 is 29.0 Å². The Kier molecular flexibility index (Phi) is 4.49. The van der Waals surface area contributed by atoms with Gasteiger partial charge in [0.1, 0.15) is 0 Å². The summed E-state index contributed by atoms with van der Waals surface area (Å²) in [6.45, 7) is 0.556. The molecule has 1 N–H and O–H groups in total. The number of hydrogen-bond donors (Lipinski definition) is 1. The van der Waals surface area contributed by atoms with Crippen LogP contribution in [0.1, 0.15) is 16.0 Å². The molecule has 0 spiro atoms. The van der Waals surface area contributed by atoms with Crippen LogP contribution in [0, 0.1) is 0 Å². The Bertz CT molecular complexity index is 568. The number of thiophene rings is 1. The molecule has 19 heavy (non-hydrogen) atoms. The monoisotopic (exact) mass is 274 g/mol. The van der Waals surface area contributed by atoms with E-state index in [-0.39, 0.29) is 0 Å². The van der Waals surface area contributed by atoms with E-state index in [1.165, 1.54) is 11.3 Å². The zero-order valence-corrected chi connectivity index (χ0v) is 11.3. The predicted octanol–water partition coefficient (Wildman–Crippen LogP) is 3.52. The molecular weight excluding hydrogens is 260 g/mol. The van der Waals surface area contributed by atoms with Crippen molar-refractivity contribution in [3.05, 3.63) is 57.8 Å². The average Bonchev–Trinajstić information content (AvgIpc) is 2.91. The molecule has 0 saturated heterocycles. The van der Waals surface area contributed by atoms with E-state index in [1.807, 2.05) is 41.8 Å². The lowest BCUT2D eigenvalue weighted by molar-refractivity contribution is -0.130. The fourth-order valence-corrected chi connectivity index (χ4v) is 2.45. The summed E-state index contributed by atoms with van der Waals surface area (Å²) in [7, 11) is 1.65. The quantitative estimate of drug-likeness (QED) is 0.849. The van der Waals surface area contributed by atoms with Gasteiger partial charge in [-0.05, 0) is 28.6 Å². The van der Waals surface area contributed by atoms with Gasteiger partial charge in [0.2, 0.25) is 0 Å². The molecule has 1 heterocycles. The molecule has 0 aliphatic carbocycles. The molecule has 0 amide bonds. The van der Waals surface area contributed by atoms with Gasteiger partial charge >= 0.3 is 5.97 Å². The van der Waals surface area contributed by atoms with E-state index in [1.54, 1.807) is 13.2 Å². The van der Waals surface area contributed by atoms with Gasteiger partial charge in [0.05, 0.1) is 12.2 Å². The molecule has 98 valence electrons. The summed E-state index contributed by atoms with van der Waals surface area (Å²) < 4.78 is 5.04. The van der Waals surface area contributed by atoms with Crippen molar-refractivity contribution < 1.29 is 14.6 Å². The van der Waals surface area contributed by atoms with Crippen LogP contribution in [-0.4, -0.2) is 18.2 Å². The minimum absolute atomic E-state index is 0.314. The fraction of sp³-hybridized carbons (Fsp3) is 0.133. The minimum Gasteiger partial charge on any atom is -0.478 e. The number of ether oxygens (including phenoxy) is 1. The number of methoxy groups -OCH3 is 1. The molecule has 0 aliphatic heterocycles. The van der Waals surface area contributed by atoms with Crippen molar-refractivity contribution in [2.24, 2.45) is 0 Å². The van der Waals surface area contributed by atoms with Crippen molar-refractivity contribution in [2.45, 2.75) is 6.61 Å². The summed E-state index contributed by atoms with van der Waals surface area (Å²) in [5, 5.41) is 11.1. The van der Waals surface area contributed by atoms with E-state index in [2.05, 4.69) is 0 Å². The van der Waals surface area contributed by atoms with E-state index in [0.29, 0.717) is 12.2 Å². The number of carbonyl (C=O) groups is 1. The smallest absolute Gasteiger partial charge is 0.337 e. The second-order valence-electron chi connectivity index (χ2n) is 4.02. The Morgan fingerprint density at radius 1 is 1.32 bits per heavy atom. The van der Waals surface area contributed by atoms with Gasteiger partial charge in [-0.3, -0.25) is 0 Å². The first-order chi connectivity index (χ1) is 9.20. The third-order valence-electron chi connectivity index (χ3n) is 2.62. The van der Waals surface area contributed by atoms with E-state index in [0.717, 1.165) is 16.0 Å². The van der Waals surface area contributed by atoms with Crippen LogP contribution in [0.15, 0.2) is 41.8 Å². The zero-order chi connectivity index (χ0) is 13.7. The van der Waals surface area contributed by atoms with E-state index in [4.69, 9.17) is 4.74 Å². The van der Waals surface area contributed by atoms with Crippen LogP contribution in [0.2, 0.25) is 0 Å². The van der Waals surface area contributed by atoms with Crippen LogP contribution < -0.4 is 0 Å². The average molecular weight is 274 g/mol. The number of carboxylic acid groups (broad SMARTS) is 1. The van der Waals surface area contributed by atoms with Gasteiger partial charge in [0.15, 0.2) is 0 Å². The van der Waals surface area contributed by atoms with Gasteiger partial charge in [-0.2, -0.15) is 0 Å². The largest absolute Gasteiger partial charge is 0.478 e. The Labute approximate surface area is 115 Å². The number of benzene rings is 1.